The monoisotopic (exact) mass is 276 g/mol. The lowest BCUT2D eigenvalue weighted by Crippen LogP contribution is -2.10. The van der Waals surface area contributed by atoms with Crippen molar-refractivity contribution in [3.8, 4) is 0 Å². The Kier molecular flexibility index (Phi) is 5.07. The highest BCUT2D eigenvalue weighted by atomic mass is 32.1. The Morgan fingerprint density at radius 3 is 2.68 bits per heavy atom. The molecule has 0 aliphatic carbocycles. The molecule has 1 aromatic carbocycles. The minimum atomic E-state index is -0.0611. The second kappa shape index (κ2) is 6.80. The van der Waals surface area contributed by atoms with Crippen LogP contribution in [0.2, 0.25) is 0 Å². The number of benzene rings is 1. The van der Waals surface area contributed by atoms with Crippen LogP contribution >= 0.6 is 11.3 Å². The van der Waals surface area contributed by atoms with Crippen molar-refractivity contribution in [2.24, 2.45) is 0 Å². The standard InChI is InChI=1S/C15H20N2OS/c1-4-18-14(12-8-6-5-7-9-12)15-17-10-13(19-15)11(2)16-3/h5-11,14,16H,4H2,1-3H3. The van der Waals surface area contributed by atoms with Crippen LogP contribution in [0, 0.1) is 0 Å². The highest BCUT2D eigenvalue weighted by Gasteiger charge is 2.19. The third-order valence-electron chi connectivity index (χ3n) is 3.06. The van der Waals surface area contributed by atoms with E-state index in [0.717, 1.165) is 10.6 Å². The fourth-order valence-electron chi connectivity index (χ4n) is 1.87. The van der Waals surface area contributed by atoms with Crippen LogP contribution in [0.4, 0.5) is 0 Å². The molecule has 0 bridgehead atoms. The summed E-state index contributed by atoms with van der Waals surface area (Å²) in [7, 11) is 1.96. The zero-order chi connectivity index (χ0) is 13.7. The molecule has 4 heteroatoms. The molecule has 19 heavy (non-hydrogen) atoms. The second-order valence-electron chi connectivity index (χ2n) is 4.36. The maximum Gasteiger partial charge on any atom is 0.134 e. The maximum atomic E-state index is 5.87. The summed E-state index contributed by atoms with van der Waals surface area (Å²) in [6, 6.07) is 10.6. The molecule has 0 spiro atoms. The minimum absolute atomic E-state index is 0.0611. The van der Waals surface area contributed by atoms with Crippen molar-refractivity contribution < 1.29 is 4.74 Å². The predicted molar refractivity (Wildman–Crippen MR) is 79.5 cm³/mol. The lowest BCUT2D eigenvalue weighted by Gasteiger charge is -2.14. The Labute approximate surface area is 118 Å². The first-order valence-corrected chi connectivity index (χ1v) is 7.37. The van der Waals surface area contributed by atoms with Gasteiger partial charge in [0.1, 0.15) is 11.1 Å². The van der Waals surface area contributed by atoms with Gasteiger partial charge in [0.25, 0.3) is 0 Å². The average Bonchev–Trinajstić information content (AvgIpc) is 2.94. The number of hydrogen-bond acceptors (Lipinski definition) is 4. The van der Waals surface area contributed by atoms with E-state index >= 15 is 0 Å². The van der Waals surface area contributed by atoms with Gasteiger partial charge >= 0.3 is 0 Å². The van der Waals surface area contributed by atoms with Gasteiger partial charge in [0.2, 0.25) is 0 Å². The van der Waals surface area contributed by atoms with Crippen molar-refractivity contribution in [3.63, 3.8) is 0 Å². The molecule has 0 fully saturated rings. The van der Waals surface area contributed by atoms with E-state index in [-0.39, 0.29) is 6.10 Å². The van der Waals surface area contributed by atoms with E-state index in [9.17, 15) is 0 Å². The molecule has 1 heterocycles. The number of rotatable bonds is 6. The molecule has 0 radical (unpaired) electrons. The summed E-state index contributed by atoms with van der Waals surface area (Å²) < 4.78 is 5.87. The summed E-state index contributed by atoms with van der Waals surface area (Å²) in [5.74, 6) is 0. The average molecular weight is 276 g/mol. The SMILES string of the molecule is CCOC(c1ccccc1)c1ncc(C(C)NC)s1. The van der Waals surface area contributed by atoms with Gasteiger partial charge in [-0.25, -0.2) is 4.98 Å². The van der Waals surface area contributed by atoms with Crippen molar-refractivity contribution in [3.05, 3.63) is 52.0 Å². The molecular formula is C15H20N2OS. The molecule has 1 aromatic heterocycles. The van der Waals surface area contributed by atoms with Crippen molar-refractivity contribution >= 4 is 11.3 Å². The van der Waals surface area contributed by atoms with E-state index in [1.165, 1.54) is 4.88 Å². The number of nitrogens with zero attached hydrogens (tertiary/aromatic N) is 1. The highest BCUT2D eigenvalue weighted by Crippen LogP contribution is 2.31. The molecule has 0 saturated heterocycles. The van der Waals surface area contributed by atoms with Crippen LogP contribution in [0.1, 0.15) is 41.4 Å². The van der Waals surface area contributed by atoms with E-state index in [1.54, 1.807) is 11.3 Å². The van der Waals surface area contributed by atoms with Crippen LogP contribution < -0.4 is 5.32 Å². The molecule has 3 nitrogen and oxygen atoms in total. The molecule has 2 aromatic rings. The van der Waals surface area contributed by atoms with Gasteiger partial charge < -0.3 is 10.1 Å². The zero-order valence-electron chi connectivity index (χ0n) is 11.6. The lowest BCUT2D eigenvalue weighted by molar-refractivity contribution is 0.0911. The number of ether oxygens (including phenoxy) is 1. The number of hydrogen-bond donors (Lipinski definition) is 1. The van der Waals surface area contributed by atoms with Crippen molar-refractivity contribution in [1.29, 1.82) is 0 Å². The molecular weight excluding hydrogens is 256 g/mol. The quantitative estimate of drug-likeness (QED) is 0.876. The first kappa shape index (κ1) is 14.2. The third-order valence-corrected chi connectivity index (χ3v) is 4.28. The van der Waals surface area contributed by atoms with Crippen LogP contribution in [0.25, 0.3) is 0 Å². The van der Waals surface area contributed by atoms with Gasteiger partial charge in [-0.15, -0.1) is 11.3 Å². The van der Waals surface area contributed by atoms with Crippen LogP contribution in [-0.2, 0) is 4.74 Å². The van der Waals surface area contributed by atoms with Gasteiger partial charge in [-0.3, -0.25) is 0 Å². The number of nitrogens with one attached hydrogen (secondary N) is 1. The lowest BCUT2D eigenvalue weighted by atomic mass is 10.1. The first-order valence-electron chi connectivity index (χ1n) is 6.55. The summed E-state index contributed by atoms with van der Waals surface area (Å²) in [4.78, 5) is 5.77. The molecule has 1 N–H and O–H groups in total. The summed E-state index contributed by atoms with van der Waals surface area (Å²) in [6.07, 6.45) is 1.88. The molecule has 0 saturated carbocycles. The molecule has 0 aliphatic heterocycles. The Balaban J connectivity index is 2.27. The van der Waals surface area contributed by atoms with Gasteiger partial charge in [0.05, 0.1) is 0 Å². The molecule has 2 rings (SSSR count). The molecule has 2 unspecified atom stereocenters. The fourth-order valence-corrected chi connectivity index (χ4v) is 2.93. The van der Waals surface area contributed by atoms with E-state index in [4.69, 9.17) is 4.74 Å². The Morgan fingerprint density at radius 1 is 1.32 bits per heavy atom. The van der Waals surface area contributed by atoms with Crippen molar-refractivity contribution in [2.45, 2.75) is 26.0 Å². The molecule has 2 atom stereocenters. The Morgan fingerprint density at radius 2 is 2.05 bits per heavy atom. The highest BCUT2D eigenvalue weighted by molar-refractivity contribution is 7.11. The van der Waals surface area contributed by atoms with Crippen LogP contribution in [0.15, 0.2) is 36.5 Å². The topological polar surface area (TPSA) is 34.1 Å². The van der Waals surface area contributed by atoms with E-state index < -0.39 is 0 Å². The largest absolute Gasteiger partial charge is 0.367 e. The summed E-state index contributed by atoms with van der Waals surface area (Å²) in [5.41, 5.74) is 1.15. The van der Waals surface area contributed by atoms with E-state index in [1.807, 2.05) is 38.4 Å². The summed E-state index contributed by atoms with van der Waals surface area (Å²) >= 11 is 1.71. The molecule has 0 aliphatic rings. The normalized spacial score (nSPS) is 14.3. The Bertz CT molecular complexity index is 498. The van der Waals surface area contributed by atoms with Crippen LogP contribution in [0.5, 0.6) is 0 Å². The van der Waals surface area contributed by atoms with E-state index in [2.05, 4.69) is 29.4 Å². The zero-order valence-corrected chi connectivity index (χ0v) is 12.4. The predicted octanol–water partition coefficient (Wildman–Crippen LogP) is 3.55. The van der Waals surface area contributed by atoms with E-state index in [0.29, 0.717) is 12.6 Å². The second-order valence-corrected chi connectivity index (χ2v) is 5.45. The number of aromatic nitrogens is 1. The first-order chi connectivity index (χ1) is 9.26. The van der Waals surface area contributed by atoms with Gasteiger partial charge in [-0.05, 0) is 26.5 Å². The fraction of sp³-hybridized carbons (Fsp3) is 0.400. The summed E-state index contributed by atoms with van der Waals surface area (Å²) in [5, 5.41) is 4.25. The van der Waals surface area contributed by atoms with Gasteiger partial charge in [-0.2, -0.15) is 0 Å². The smallest absolute Gasteiger partial charge is 0.134 e. The number of thiazole rings is 1. The summed E-state index contributed by atoms with van der Waals surface area (Å²) in [6.45, 7) is 4.83. The third kappa shape index (κ3) is 3.41. The van der Waals surface area contributed by atoms with Crippen molar-refractivity contribution in [2.75, 3.05) is 13.7 Å². The van der Waals surface area contributed by atoms with Crippen LogP contribution in [-0.4, -0.2) is 18.6 Å². The van der Waals surface area contributed by atoms with Crippen LogP contribution in [0.3, 0.4) is 0 Å². The van der Waals surface area contributed by atoms with Crippen molar-refractivity contribution in [1.82, 2.24) is 10.3 Å². The molecule has 102 valence electrons. The Hall–Kier alpha value is -1.23. The van der Waals surface area contributed by atoms with Gasteiger partial charge in [0.15, 0.2) is 0 Å². The maximum absolute atomic E-state index is 5.87. The van der Waals surface area contributed by atoms with Gasteiger partial charge in [0, 0.05) is 23.7 Å². The van der Waals surface area contributed by atoms with Gasteiger partial charge in [-0.1, -0.05) is 30.3 Å². The molecule has 0 amide bonds. The minimum Gasteiger partial charge on any atom is -0.367 e.